The fourth-order valence-electron chi connectivity index (χ4n) is 2.08. The van der Waals surface area contributed by atoms with E-state index < -0.39 is 24.9 Å². The van der Waals surface area contributed by atoms with Crippen LogP contribution in [0.2, 0.25) is 5.02 Å². The number of hydrogen-bond acceptors (Lipinski definition) is 6. The Balaban J connectivity index is 2.39. The number of nitriles is 1. The largest absolute Gasteiger partial charge is 0.496 e. The Morgan fingerprint density at radius 1 is 1.19 bits per heavy atom. The molecule has 0 saturated carbocycles. The summed E-state index contributed by atoms with van der Waals surface area (Å²) < 4.78 is 55.2. The van der Waals surface area contributed by atoms with Gasteiger partial charge in [0.2, 0.25) is 10.0 Å². The van der Waals surface area contributed by atoms with E-state index in [1.807, 2.05) is 0 Å². The number of benzene rings is 2. The van der Waals surface area contributed by atoms with Gasteiger partial charge in [-0.1, -0.05) is 11.6 Å². The van der Waals surface area contributed by atoms with Crippen LogP contribution >= 0.6 is 11.6 Å². The summed E-state index contributed by atoms with van der Waals surface area (Å²) in [7, 11) is -6.94. The van der Waals surface area contributed by atoms with E-state index in [4.69, 9.17) is 26.7 Å². The topological polar surface area (TPSA) is 139 Å². The van der Waals surface area contributed by atoms with Crippen LogP contribution in [0.15, 0.2) is 46.7 Å². The molecule has 2 aromatic carbocycles. The molecule has 0 bridgehead atoms. The van der Waals surface area contributed by atoms with Gasteiger partial charge in [-0.15, -0.1) is 0 Å². The first kappa shape index (κ1) is 20.7. The lowest BCUT2D eigenvalue weighted by Crippen LogP contribution is -2.17. The zero-order valence-corrected chi connectivity index (χ0v) is 16.3. The lowest BCUT2D eigenvalue weighted by Gasteiger charge is -2.10. The number of primary sulfonamides is 1. The van der Waals surface area contributed by atoms with Crippen LogP contribution in [0.1, 0.15) is 11.1 Å². The van der Waals surface area contributed by atoms with Crippen molar-refractivity contribution in [2.24, 2.45) is 5.14 Å². The molecule has 0 unspecified atom stereocenters. The highest BCUT2D eigenvalue weighted by molar-refractivity contribution is 7.95. The van der Waals surface area contributed by atoms with Gasteiger partial charge in [0.15, 0.2) is 0 Å². The number of hydrogen-bond donors (Lipinski definition) is 2. The molecule has 0 saturated heterocycles. The zero-order chi connectivity index (χ0) is 20.2. The van der Waals surface area contributed by atoms with E-state index in [0.29, 0.717) is 16.3 Å². The minimum Gasteiger partial charge on any atom is -0.496 e. The average molecular weight is 428 g/mol. The first-order valence-electron chi connectivity index (χ1n) is 7.17. The number of nitrogens with zero attached hydrogens (tertiary/aromatic N) is 1. The van der Waals surface area contributed by atoms with Gasteiger partial charge >= 0.3 is 0 Å². The van der Waals surface area contributed by atoms with Crippen molar-refractivity contribution in [1.82, 2.24) is 0 Å². The minimum atomic E-state index is -4.26. The van der Waals surface area contributed by atoms with E-state index in [-0.39, 0.29) is 11.3 Å². The highest BCUT2D eigenvalue weighted by Gasteiger charge is 2.18. The summed E-state index contributed by atoms with van der Waals surface area (Å²) in [4.78, 5) is -0.511. The smallest absolute Gasteiger partial charge is 0.255 e. The summed E-state index contributed by atoms with van der Waals surface area (Å²) in [5, 5.41) is 15.2. The Bertz CT molecular complexity index is 1150. The fraction of sp³-hybridized carbons (Fsp3) is 0.0625. The Morgan fingerprint density at radius 2 is 1.89 bits per heavy atom. The molecule has 0 heterocycles. The van der Waals surface area contributed by atoms with Crippen LogP contribution in [-0.2, 0) is 20.0 Å². The summed E-state index contributed by atoms with van der Waals surface area (Å²) in [6.45, 7) is 0. The van der Waals surface area contributed by atoms with Gasteiger partial charge in [-0.05, 0) is 42.5 Å². The normalized spacial score (nSPS) is 11.9. The maximum atomic E-state index is 12.3. The van der Waals surface area contributed by atoms with Crippen LogP contribution < -0.4 is 14.6 Å². The van der Waals surface area contributed by atoms with E-state index in [2.05, 4.69) is 4.72 Å². The molecular weight excluding hydrogens is 414 g/mol. The van der Waals surface area contributed by atoms with Gasteiger partial charge in [-0.2, -0.15) is 5.26 Å². The van der Waals surface area contributed by atoms with Gasteiger partial charge in [-0.3, -0.25) is 4.72 Å². The predicted octanol–water partition coefficient (Wildman–Crippen LogP) is 2.28. The average Bonchev–Trinajstić information content (AvgIpc) is 2.59. The first-order chi connectivity index (χ1) is 12.6. The summed E-state index contributed by atoms with van der Waals surface area (Å²) in [6.07, 6.45) is 1.26. The minimum absolute atomic E-state index is 0.0171. The Kier molecular flexibility index (Phi) is 6.12. The number of sulfonamides is 2. The summed E-state index contributed by atoms with van der Waals surface area (Å²) in [5.74, 6) is 0.359. The van der Waals surface area contributed by atoms with E-state index in [1.165, 1.54) is 25.3 Å². The number of methoxy groups -OCH3 is 1. The maximum Gasteiger partial charge on any atom is 0.255 e. The van der Waals surface area contributed by atoms with Crippen molar-refractivity contribution < 1.29 is 21.6 Å². The highest BCUT2D eigenvalue weighted by atomic mass is 35.5. The van der Waals surface area contributed by atoms with Crippen molar-refractivity contribution in [2.75, 3.05) is 11.8 Å². The molecule has 0 aliphatic rings. The molecule has 0 aliphatic carbocycles. The molecule has 27 heavy (non-hydrogen) atoms. The van der Waals surface area contributed by atoms with Crippen molar-refractivity contribution in [3.05, 3.63) is 58.0 Å². The standard InChI is InChI=1S/C16H14ClN3O5S2/c1-25-15-9-13(17)4-3-12(15)6-7-26(21,22)20-14-5-2-11(10-18)8-16(14)27(19,23)24/h2-9,20H,1H3,(H2,19,23,24). The molecule has 0 fully saturated rings. The van der Waals surface area contributed by atoms with Gasteiger partial charge in [0.1, 0.15) is 10.6 Å². The Hall–Kier alpha value is -2.58. The van der Waals surface area contributed by atoms with E-state index in [1.54, 1.807) is 18.2 Å². The lowest BCUT2D eigenvalue weighted by molar-refractivity contribution is 0.414. The third-order valence-electron chi connectivity index (χ3n) is 3.29. The van der Waals surface area contributed by atoms with E-state index in [9.17, 15) is 16.8 Å². The van der Waals surface area contributed by atoms with Crippen LogP contribution in [0.25, 0.3) is 6.08 Å². The first-order valence-corrected chi connectivity index (χ1v) is 10.6. The molecule has 0 aliphatic heterocycles. The van der Waals surface area contributed by atoms with E-state index in [0.717, 1.165) is 17.5 Å². The molecule has 3 N–H and O–H groups in total. The van der Waals surface area contributed by atoms with Gasteiger partial charge in [-0.25, -0.2) is 22.0 Å². The van der Waals surface area contributed by atoms with Crippen molar-refractivity contribution in [3.8, 4) is 11.8 Å². The second-order valence-electron chi connectivity index (χ2n) is 5.20. The second kappa shape index (κ2) is 7.98. The summed E-state index contributed by atoms with van der Waals surface area (Å²) >= 11 is 5.85. The predicted molar refractivity (Wildman–Crippen MR) is 102 cm³/mol. The molecule has 0 aromatic heterocycles. The van der Waals surface area contributed by atoms with Crippen molar-refractivity contribution in [2.45, 2.75) is 4.90 Å². The molecule has 0 atom stereocenters. The number of ether oxygens (including phenoxy) is 1. The quantitative estimate of drug-likeness (QED) is 0.724. The molecule has 8 nitrogen and oxygen atoms in total. The fourth-order valence-corrected chi connectivity index (χ4v) is 3.91. The van der Waals surface area contributed by atoms with Crippen LogP contribution in [0.3, 0.4) is 0 Å². The molecule has 0 spiro atoms. The molecule has 2 rings (SSSR count). The monoisotopic (exact) mass is 427 g/mol. The SMILES string of the molecule is COc1cc(Cl)ccc1C=CS(=O)(=O)Nc1ccc(C#N)cc1S(N)(=O)=O. The number of nitrogens with one attached hydrogen (secondary N) is 1. The van der Waals surface area contributed by atoms with E-state index >= 15 is 0 Å². The van der Waals surface area contributed by atoms with Gasteiger partial charge in [0.05, 0.1) is 29.8 Å². The lowest BCUT2D eigenvalue weighted by atomic mass is 10.2. The summed E-state index contributed by atoms with van der Waals surface area (Å²) in [5.41, 5.74) is 0.186. The van der Waals surface area contributed by atoms with Crippen molar-refractivity contribution in [3.63, 3.8) is 0 Å². The Labute approximate surface area is 161 Å². The summed E-state index contributed by atoms with van der Waals surface area (Å²) in [6, 6.07) is 9.78. The third-order valence-corrected chi connectivity index (χ3v) is 5.48. The molecule has 11 heteroatoms. The maximum absolute atomic E-state index is 12.3. The van der Waals surface area contributed by atoms with Crippen molar-refractivity contribution in [1.29, 1.82) is 5.26 Å². The molecule has 142 valence electrons. The number of anilines is 1. The zero-order valence-electron chi connectivity index (χ0n) is 13.9. The Morgan fingerprint density at radius 3 is 2.48 bits per heavy atom. The van der Waals surface area contributed by atoms with Crippen LogP contribution in [-0.4, -0.2) is 23.9 Å². The molecule has 0 amide bonds. The van der Waals surface area contributed by atoms with Gasteiger partial charge in [0.25, 0.3) is 10.0 Å². The number of nitrogens with two attached hydrogens (primary N) is 1. The highest BCUT2D eigenvalue weighted by Crippen LogP contribution is 2.26. The van der Waals surface area contributed by atoms with Crippen LogP contribution in [0.4, 0.5) is 5.69 Å². The molecule has 2 aromatic rings. The second-order valence-corrected chi connectivity index (χ2v) is 8.74. The van der Waals surface area contributed by atoms with Gasteiger partial charge < -0.3 is 4.74 Å². The third kappa shape index (κ3) is 5.45. The molecular formula is C16H14ClN3O5S2. The number of halogens is 1. The molecule has 0 radical (unpaired) electrons. The van der Waals surface area contributed by atoms with Crippen LogP contribution in [0, 0.1) is 11.3 Å². The van der Waals surface area contributed by atoms with Crippen LogP contribution in [0.5, 0.6) is 5.75 Å². The number of rotatable bonds is 6. The van der Waals surface area contributed by atoms with Crippen molar-refractivity contribution >= 4 is 43.4 Å². The van der Waals surface area contributed by atoms with Gasteiger partial charge in [0, 0.05) is 10.6 Å².